The van der Waals surface area contributed by atoms with Crippen molar-refractivity contribution in [3.05, 3.63) is 46.5 Å². The van der Waals surface area contributed by atoms with Crippen LogP contribution < -0.4 is 5.32 Å². The largest absolute Gasteiger partial charge is 0.476 e. The number of fused-ring (bicyclic) bond motifs is 1. The molecule has 1 saturated heterocycles. The van der Waals surface area contributed by atoms with E-state index in [-0.39, 0.29) is 17.6 Å². The van der Waals surface area contributed by atoms with Gasteiger partial charge in [-0.05, 0) is 36.8 Å². The lowest BCUT2D eigenvalue weighted by Gasteiger charge is -2.30. The molecule has 2 heterocycles. The number of amides is 1. The Morgan fingerprint density at radius 2 is 2.17 bits per heavy atom. The Hall–Kier alpha value is -1.90. The molecule has 0 saturated carbocycles. The van der Waals surface area contributed by atoms with Gasteiger partial charge in [0.15, 0.2) is 10.0 Å². The molecule has 154 valence electrons. The summed E-state index contributed by atoms with van der Waals surface area (Å²) in [5.41, 5.74) is 2.93. The van der Waals surface area contributed by atoms with Gasteiger partial charge in [0.25, 0.3) is 0 Å². The zero-order valence-electron chi connectivity index (χ0n) is 16.2. The molecule has 2 aromatic rings. The van der Waals surface area contributed by atoms with Crippen LogP contribution in [0.1, 0.15) is 53.3 Å². The average Bonchev–Trinajstić information content (AvgIpc) is 3.34. The number of carboxylic acids is 1. The molecule has 2 atom stereocenters. The first-order chi connectivity index (χ1) is 14.1. The van der Waals surface area contributed by atoms with E-state index in [0.29, 0.717) is 19.0 Å². The topological polar surface area (TPSA) is 82.5 Å². The van der Waals surface area contributed by atoms with Crippen molar-refractivity contribution in [1.29, 1.82) is 0 Å². The lowest BCUT2D eigenvalue weighted by Crippen LogP contribution is -2.42. The lowest BCUT2D eigenvalue weighted by atomic mass is 9.87. The zero-order chi connectivity index (χ0) is 20.2. The molecular formula is C21H25N3O3S2. The smallest absolute Gasteiger partial charge is 0.355 e. The normalized spacial score (nSPS) is 21.4. The van der Waals surface area contributed by atoms with E-state index in [1.54, 1.807) is 5.38 Å². The molecule has 1 fully saturated rings. The summed E-state index contributed by atoms with van der Waals surface area (Å²) >= 11 is 2.86. The second-order valence-corrected chi connectivity index (χ2v) is 9.68. The molecule has 2 aliphatic rings. The number of nitrogens with zero attached hydrogens (tertiary/aromatic N) is 2. The Balaban J connectivity index is 1.30. The summed E-state index contributed by atoms with van der Waals surface area (Å²) in [6, 6.07) is 9.26. The van der Waals surface area contributed by atoms with Gasteiger partial charge >= 0.3 is 5.97 Å². The molecule has 8 heteroatoms. The number of aromatic carboxylic acids is 1. The van der Waals surface area contributed by atoms with Crippen LogP contribution in [0.2, 0.25) is 0 Å². The molecule has 0 spiro atoms. The first-order valence-corrected chi connectivity index (χ1v) is 11.9. The van der Waals surface area contributed by atoms with E-state index < -0.39 is 5.97 Å². The number of rotatable bonds is 8. The van der Waals surface area contributed by atoms with Crippen molar-refractivity contribution in [1.82, 2.24) is 15.2 Å². The van der Waals surface area contributed by atoms with Crippen LogP contribution in [-0.4, -0.2) is 51.8 Å². The summed E-state index contributed by atoms with van der Waals surface area (Å²) in [7, 11) is 0. The Morgan fingerprint density at radius 1 is 1.31 bits per heavy atom. The fourth-order valence-electron chi connectivity index (χ4n) is 4.21. The van der Waals surface area contributed by atoms with Crippen LogP contribution in [-0.2, 0) is 11.2 Å². The van der Waals surface area contributed by atoms with Crippen LogP contribution in [0.25, 0.3) is 0 Å². The summed E-state index contributed by atoms with van der Waals surface area (Å²) in [6.45, 7) is 1.48. The predicted molar refractivity (Wildman–Crippen MR) is 115 cm³/mol. The molecule has 29 heavy (non-hydrogen) atoms. The van der Waals surface area contributed by atoms with Crippen molar-refractivity contribution in [3.63, 3.8) is 0 Å². The summed E-state index contributed by atoms with van der Waals surface area (Å²) in [5, 5.41) is 14.2. The van der Waals surface area contributed by atoms with Crippen molar-refractivity contribution in [2.75, 3.05) is 18.8 Å². The summed E-state index contributed by atoms with van der Waals surface area (Å²) < 4.78 is 0.738. The first-order valence-electron chi connectivity index (χ1n) is 10.0. The number of thiazole rings is 1. The molecule has 0 radical (unpaired) electrons. The summed E-state index contributed by atoms with van der Waals surface area (Å²) in [5.74, 6) is -0.0637. The van der Waals surface area contributed by atoms with E-state index in [4.69, 9.17) is 5.11 Å². The highest BCUT2D eigenvalue weighted by Gasteiger charge is 2.31. The second kappa shape index (κ2) is 9.28. The molecular weight excluding hydrogens is 406 g/mol. The average molecular weight is 432 g/mol. The third-order valence-electron chi connectivity index (χ3n) is 5.68. The summed E-state index contributed by atoms with van der Waals surface area (Å²) in [4.78, 5) is 29.4. The molecule has 6 nitrogen and oxygen atoms in total. The van der Waals surface area contributed by atoms with Crippen molar-refractivity contribution in [3.8, 4) is 0 Å². The number of hydrogen-bond donors (Lipinski definition) is 2. The van der Waals surface area contributed by atoms with E-state index >= 15 is 0 Å². The van der Waals surface area contributed by atoms with E-state index in [0.717, 1.165) is 35.9 Å². The lowest BCUT2D eigenvalue weighted by molar-refractivity contribution is -0.128. The van der Waals surface area contributed by atoms with E-state index in [1.165, 1.54) is 40.6 Å². The number of nitrogens with one attached hydrogen (secondary N) is 1. The van der Waals surface area contributed by atoms with Gasteiger partial charge in [-0.25, -0.2) is 9.78 Å². The molecule has 1 aliphatic heterocycles. The monoisotopic (exact) mass is 431 g/mol. The molecule has 4 rings (SSSR count). The van der Waals surface area contributed by atoms with Crippen molar-refractivity contribution >= 4 is 35.0 Å². The minimum absolute atomic E-state index is 0.0876. The van der Waals surface area contributed by atoms with Gasteiger partial charge in [0.1, 0.15) is 0 Å². The number of aryl methyl sites for hydroxylation is 1. The zero-order valence-corrected chi connectivity index (χ0v) is 17.8. The highest BCUT2D eigenvalue weighted by Crippen LogP contribution is 2.30. The van der Waals surface area contributed by atoms with Crippen LogP contribution in [0.3, 0.4) is 0 Å². The van der Waals surface area contributed by atoms with Gasteiger partial charge in [0.05, 0.1) is 0 Å². The number of aromatic nitrogens is 1. The number of thioether (sulfide) groups is 1. The molecule has 1 amide bonds. The van der Waals surface area contributed by atoms with E-state index in [9.17, 15) is 9.59 Å². The number of carbonyl (C=O) groups excluding carboxylic acids is 1. The van der Waals surface area contributed by atoms with Gasteiger partial charge in [-0.2, -0.15) is 0 Å². The minimum atomic E-state index is -1.00. The molecule has 2 unspecified atom stereocenters. The number of likely N-dealkylation sites (tertiary alicyclic amines) is 1. The van der Waals surface area contributed by atoms with Gasteiger partial charge in [0.2, 0.25) is 5.91 Å². The SMILES string of the molecule is O=C(O)c1csc(SCCN2C(=O)CCC2CNC2CCCc3ccccc32)n1. The Morgan fingerprint density at radius 3 is 3.00 bits per heavy atom. The molecule has 1 aromatic carbocycles. The Labute approximate surface area is 178 Å². The number of carbonyl (C=O) groups is 2. The predicted octanol–water partition coefficient (Wildman–Crippen LogP) is 3.59. The maximum atomic E-state index is 12.4. The van der Waals surface area contributed by atoms with E-state index in [1.807, 2.05) is 4.90 Å². The second-order valence-electron chi connectivity index (χ2n) is 7.48. The highest BCUT2D eigenvalue weighted by molar-refractivity contribution is 8.01. The van der Waals surface area contributed by atoms with Crippen molar-refractivity contribution in [2.24, 2.45) is 0 Å². The van der Waals surface area contributed by atoms with Gasteiger partial charge in [0, 0.05) is 42.7 Å². The van der Waals surface area contributed by atoms with Gasteiger partial charge in [-0.3, -0.25) is 4.79 Å². The van der Waals surface area contributed by atoms with Crippen LogP contribution in [0.5, 0.6) is 0 Å². The van der Waals surface area contributed by atoms with Gasteiger partial charge in [-0.1, -0.05) is 36.0 Å². The fraction of sp³-hybridized carbons (Fsp3) is 0.476. The molecule has 0 bridgehead atoms. The quantitative estimate of drug-likeness (QED) is 0.622. The van der Waals surface area contributed by atoms with Crippen LogP contribution in [0.15, 0.2) is 34.0 Å². The Kier molecular flexibility index (Phi) is 6.52. The van der Waals surface area contributed by atoms with Crippen LogP contribution in [0, 0.1) is 0 Å². The van der Waals surface area contributed by atoms with Crippen molar-refractivity contribution in [2.45, 2.75) is 48.5 Å². The number of benzene rings is 1. The fourth-order valence-corrected chi connectivity index (χ4v) is 6.02. The standard InChI is InChI=1S/C21H25N3O3S2/c25-19-9-8-15(12-22-17-7-3-5-14-4-1-2-6-16(14)17)24(19)10-11-28-21-23-18(13-29-21)20(26)27/h1-2,4,6,13,15,17,22H,3,5,7-12H2,(H,26,27). The van der Waals surface area contributed by atoms with E-state index in [2.05, 4.69) is 34.6 Å². The molecule has 2 N–H and O–H groups in total. The minimum Gasteiger partial charge on any atom is -0.476 e. The maximum absolute atomic E-state index is 12.4. The third kappa shape index (κ3) is 4.82. The molecule has 1 aliphatic carbocycles. The highest BCUT2D eigenvalue weighted by atomic mass is 32.2. The number of hydrogen-bond acceptors (Lipinski definition) is 6. The Bertz CT molecular complexity index is 886. The van der Waals surface area contributed by atoms with Crippen LogP contribution >= 0.6 is 23.1 Å². The number of carboxylic acid groups (broad SMARTS) is 1. The van der Waals surface area contributed by atoms with Gasteiger partial charge < -0.3 is 15.3 Å². The van der Waals surface area contributed by atoms with Crippen LogP contribution in [0.4, 0.5) is 0 Å². The maximum Gasteiger partial charge on any atom is 0.355 e. The van der Waals surface area contributed by atoms with Gasteiger partial charge in [-0.15, -0.1) is 11.3 Å². The summed E-state index contributed by atoms with van der Waals surface area (Å²) in [6.07, 6.45) is 5.00. The third-order valence-corrected chi connectivity index (χ3v) is 7.68. The first kappa shape index (κ1) is 20.4. The molecule has 1 aromatic heterocycles. The van der Waals surface area contributed by atoms with Crippen molar-refractivity contribution < 1.29 is 14.7 Å².